The molecule has 0 bridgehead atoms. The fraction of sp³-hybridized carbons (Fsp3) is 0.0968. The average Bonchev–Trinajstić information content (AvgIpc) is 3.86. The molecule has 16 heteroatoms. The van der Waals surface area contributed by atoms with Gasteiger partial charge < -0.3 is 10.2 Å². The Morgan fingerprint density at radius 3 is 1.26 bits per heavy atom. The first-order chi connectivity index (χ1) is 22.2. The van der Waals surface area contributed by atoms with Crippen molar-refractivity contribution in [2.45, 2.75) is 17.8 Å². The zero-order chi connectivity index (χ0) is 33.5. The van der Waals surface area contributed by atoms with Crippen molar-refractivity contribution < 1.29 is 46.1 Å². The normalized spacial score (nSPS) is 16.6. The van der Waals surface area contributed by atoms with Gasteiger partial charge in [0, 0.05) is 51.5 Å². The van der Waals surface area contributed by atoms with Gasteiger partial charge in [0.2, 0.25) is 0 Å². The van der Waals surface area contributed by atoms with Gasteiger partial charge in [-0.05, 0) is 59.3 Å². The molecule has 0 spiro atoms. The van der Waals surface area contributed by atoms with Gasteiger partial charge in [-0.25, -0.2) is 9.59 Å². The monoisotopic (exact) mass is 756 g/mol. The maximum absolute atomic E-state index is 16.0. The maximum atomic E-state index is 16.0. The van der Waals surface area contributed by atoms with Gasteiger partial charge in [-0.15, -0.1) is 68.0 Å². The van der Waals surface area contributed by atoms with Gasteiger partial charge >= 0.3 is 29.7 Å². The number of carbonyl (C=O) groups is 2. The zero-order valence-electron chi connectivity index (χ0n) is 22.9. The smallest absolute Gasteiger partial charge is 0.380 e. The Kier molecular flexibility index (Phi) is 7.68. The molecule has 0 fully saturated rings. The summed E-state index contributed by atoms with van der Waals surface area (Å²) in [6.07, 6.45) is 0. The molecule has 6 aromatic heterocycles. The summed E-state index contributed by atoms with van der Waals surface area (Å²) >= 11 is 5.86. The van der Waals surface area contributed by atoms with E-state index in [2.05, 4.69) is 0 Å². The number of hydrogen-bond donors (Lipinski definition) is 2. The van der Waals surface area contributed by atoms with Crippen molar-refractivity contribution in [3.05, 3.63) is 92.3 Å². The van der Waals surface area contributed by atoms with E-state index in [9.17, 15) is 19.8 Å². The van der Waals surface area contributed by atoms with E-state index in [1.54, 1.807) is 47.2 Å². The molecule has 0 saturated carbocycles. The number of carboxylic acids is 2. The van der Waals surface area contributed by atoms with Gasteiger partial charge in [0.1, 0.15) is 9.75 Å². The summed E-state index contributed by atoms with van der Waals surface area (Å²) < 4.78 is 94.8. The highest BCUT2D eigenvalue weighted by Crippen LogP contribution is 2.67. The summed E-state index contributed by atoms with van der Waals surface area (Å²) in [7, 11) is 0. The molecule has 1 aliphatic carbocycles. The molecule has 2 N–H and O–H groups in total. The Hall–Kier alpha value is -3.54. The fourth-order valence-corrected chi connectivity index (χ4v) is 11.1. The van der Waals surface area contributed by atoms with Gasteiger partial charge in [0.15, 0.2) is 0 Å². The SMILES string of the molecule is O=C(O)c1cc(C2=C(c3cc(C(=O)O)sc3-c3ccc(-c4cccs4)s3)C(F)(F)C(F)(F)C2(F)F)c(-c2ccc(-c3cccs3)s2)s1. The van der Waals surface area contributed by atoms with Crippen LogP contribution in [0, 0.1) is 0 Å². The number of carboxylic acid groups (broad SMARTS) is 2. The van der Waals surface area contributed by atoms with Crippen LogP contribution >= 0.6 is 68.0 Å². The van der Waals surface area contributed by atoms with Crippen LogP contribution in [-0.4, -0.2) is 39.9 Å². The lowest BCUT2D eigenvalue weighted by Gasteiger charge is -2.25. The summed E-state index contributed by atoms with van der Waals surface area (Å²) in [4.78, 5) is 26.0. The Balaban J connectivity index is 1.52. The second kappa shape index (κ2) is 11.3. The first-order valence-electron chi connectivity index (χ1n) is 13.1. The first kappa shape index (κ1) is 32.0. The third-order valence-electron chi connectivity index (χ3n) is 7.28. The van der Waals surface area contributed by atoms with E-state index in [1.807, 2.05) is 0 Å². The summed E-state index contributed by atoms with van der Waals surface area (Å²) in [6, 6.07) is 14.8. The quantitative estimate of drug-likeness (QED) is 0.152. The first-order valence-corrected chi connectivity index (χ1v) is 18.2. The van der Waals surface area contributed by atoms with Gasteiger partial charge in [0.25, 0.3) is 0 Å². The molecule has 47 heavy (non-hydrogen) atoms. The molecule has 0 aliphatic heterocycles. The Labute approximate surface area is 284 Å². The van der Waals surface area contributed by atoms with Crippen LogP contribution in [0.5, 0.6) is 0 Å². The van der Waals surface area contributed by atoms with Crippen LogP contribution in [-0.2, 0) is 0 Å². The predicted molar refractivity (Wildman–Crippen MR) is 177 cm³/mol. The molecule has 7 rings (SSSR count). The lowest BCUT2D eigenvalue weighted by molar-refractivity contribution is -0.254. The summed E-state index contributed by atoms with van der Waals surface area (Å²) in [5, 5.41) is 23.2. The predicted octanol–water partition coefficient (Wildman–Crippen LogP) is 12.0. The molecule has 4 nitrogen and oxygen atoms in total. The summed E-state index contributed by atoms with van der Waals surface area (Å²) in [6.45, 7) is 0. The van der Waals surface area contributed by atoms with Crippen LogP contribution in [0.1, 0.15) is 30.5 Å². The molecular formula is C31H14F6O4S6. The molecule has 0 unspecified atom stereocenters. The van der Waals surface area contributed by atoms with Crippen molar-refractivity contribution in [2.75, 3.05) is 0 Å². The Morgan fingerprint density at radius 2 is 0.915 bits per heavy atom. The third-order valence-corrected chi connectivity index (χ3v) is 14.2. The molecule has 0 atom stereocenters. The lowest BCUT2D eigenvalue weighted by atomic mass is 9.94. The highest BCUT2D eigenvalue weighted by Gasteiger charge is 2.80. The minimum atomic E-state index is -5.94. The van der Waals surface area contributed by atoms with Crippen LogP contribution in [0.25, 0.3) is 50.2 Å². The van der Waals surface area contributed by atoms with E-state index in [4.69, 9.17) is 0 Å². The second-order valence-electron chi connectivity index (χ2n) is 10.1. The molecule has 1 aliphatic rings. The second-order valence-corrected chi connectivity index (χ2v) is 16.2. The summed E-state index contributed by atoms with van der Waals surface area (Å²) in [5.41, 5.74) is -5.07. The largest absolute Gasteiger partial charge is 0.477 e. The number of halogens is 6. The van der Waals surface area contributed by atoms with Crippen molar-refractivity contribution in [1.29, 1.82) is 0 Å². The topological polar surface area (TPSA) is 74.6 Å². The van der Waals surface area contributed by atoms with E-state index in [-0.39, 0.29) is 19.5 Å². The van der Waals surface area contributed by atoms with Crippen LogP contribution in [0.3, 0.4) is 0 Å². The Bertz CT molecular complexity index is 2050. The van der Waals surface area contributed by atoms with E-state index >= 15 is 26.3 Å². The maximum Gasteiger partial charge on any atom is 0.380 e. The van der Waals surface area contributed by atoms with Crippen molar-refractivity contribution >= 4 is 91.1 Å². The van der Waals surface area contributed by atoms with Crippen LogP contribution in [0.15, 0.2) is 71.4 Å². The van der Waals surface area contributed by atoms with Gasteiger partial charge in [0.05, 0.1) is 9.75 Å². The van der Waals surface area contributed by atoms with Crippen LogP contribution in [0.2, 0.25) is 0 Å². The highest BCUT2D eigenvalue weighted by atomic mass is 32.1. The molecule has 0 radical (unpaired) electrons. The number of aromatic carboxylic acids is 2. The summed E-state index contributed by atoms with van der Waals surface area (Å²) in [5.74, 6) is -20.0. The van der Waals surface area contributed by atoms with Crippen LogP contribution < -0.4 is 0 Å². The van der Waals surface area contributed by atoms with Gasteiger partial charge in [-0.1, -0.05) is 12.1 Å². The van der Waals surface area contributed by atoms with Crippen molar-refractivity contribution in [2.24, 2.45) is 0 Å². The fourth-order valence-electron chi connectivity index (χ4n) is 5.19. The number of allylic oxidation sites excluding steroid dienone is 2. The minimum Gasteiger partial charge on any atom is -0.477 e. The molecule has 0 saturated heterocycles. The van der Waals surface area contributed by atoms with Crippen molar-refractivity contribution in [3.8, 4) is 39.0 Å². The van der Waals surface area contributed by atoms with E-state index in [0.29, 0.717) is 44.6 Å². The zero-order valence-corrected chi connectivity index (χ0v) is 27.8. The molecule has 0 amide bonds. The standard InChI is InChI=1S/C31H14F6O4S6/c32-29(33)23(13-11-21(27(38)39)46-25(13)19-7-5-17(44-19)15-3-1-9-42-15)24(30(34,35)31(29,36)37)14-12-22(28(40)41)47-26(14)20-8-6-18(45-20)16-4-2-10-43-16/h1-12H,(H,38,39)(H,40,41). The van der Waals surface area contributed by atoms with E-state index in [1.165, 1.54) is 34.8 Å². The van der Waals surface area contributed by atoms with Crippen LogP contribution in [0.4, 0.5) is 26.3 Å². The molecular weight excluding hydrogens is 743 g/mol. The van der Waals surface area contributed by atoms with Gasteiger partial charge in [-0.3, -0.25) is 0 Å². The van der Waals surface area contributed by atoms with Crippen molar-refractivity contribution in [3.63, 3.8) is 0 Å². The number of thiophene rings is 6. The van der Waals surface area contributed by atoms with E-state index < -0.39 is 61.7 Å². The molecule has 240 valence electrons. The molecule has 6 aromatic rings. The van der Waals surface area contributed by atoms with Gasteiger partial charge in [-0.2, -0.15) is 26.3 Å². The Morgan fingerprint density at radius 1 is 0.532 bits per heavy atom. The third kappa shape index (κ3) is 4.95. The molecule has 0 aromatic carbocycles. The molecule has 6 heterocycles. The lowest BCUT2D eigenvalue weighted by Crippen LogP contribution is -2.48. The highest BCUT2D eigenvalue weighted by molar-refractivity contribution is 7.27. The number of rotatable bonds is 8. The van der Waals surface area contributed by atoms with Crippen molar-refractivity contribution in [1.82, 2.24) is 0 Å². The minimum absolute atomic E-state index is 0.206. The van der Waals surface area contributed by atoms with E-state index in [0.717, 1.165) is 32.4 Å². The number of hydrogen-bond acceptors (Lipinski definition) is 8. The number of alkyl halides is 6. The average molecular weight is 757 g/mol.